The first-order chi connectivity index (χ1) is 11.1. The highest BCUT2D eigenvalue weighted by Crippen LogP contribution is 2.37. The van der Waals surface area contributed by atoms with Crippen molar-refractivity contribution >= 4 is 5.82 Å². The fourth-order valence-electron chi connectivity index (χ4n) is 3.17. The molecule has 1 aliphatic rings. The Morgan fingerprint density at radius 2 is 2.09 bits per heavy atom. The number of aryl methyl sites for hydroxylation is 1. The van der Waals surface area contributed by atoms with Gasteiger partial charge in [0.05, 0.1) is 0 Å². The molecule has 0 bridgehead atoms. The van der Waals surface area contributed by atoms with Crippen molar-refractivity contribution in [3.8, 4) is 11.4 Å². The molecule has 2 N–H and O–H groups in total. The summed E-state index contributed by atoms with van der Waals surface area (Å²) in [7, 11) is 0. The maximum Gasteiger partial charge on any atom is 0.251 e. The van der Waals surface area contributed by atoms with Crippen molar-refractivity contribution < 1.29 is 0 Å². The average molecular weight is 312 g/mol. The van der Waals surface area contributed by atoms with Gasteiger partial charge in [0, 0.05) is 30.1 Å². The summed E-state index contributed by atoms with van der Waals surface area (Å²) < 4.78 is 0. The van der Waals surface area contributed by atoms with E-state index in [1.807, 2.05) is 19.1 Å². The number of rotatable bonds is 5. The second-order valence-electron chi connectivity index (χ2n) is 6.74. The van der Waals surface area contributed by atoms with E-state index in [1.165, 1.54) is 31.7 Å². The molecule has 3 rings (SSSR count). The fraction of sp³-hybridized carbons (Fsp3) is 0.500. The van der Waals surface area contributed by atoms with Gasteiger partial charge in [-0.2, -0.15) is 0 Å². The van der Waals surface area contributed by atoms with E-state index >= 15 is 0 Å². The van der Waals surface area contributed by atoms with Crippen LogP contribution in [0.1, 0.15) is 45.2 Å². The molecular formula is C18H24N4O. The SMILES string of the molecule is CCc1cc(=O)[nH]c(-c2ccc(NCC3(C)CCCC3)nc2)n1. The molecule has 1 aliphatic carbocycles. The quantitative estimate of drug-likeness (QED) is 0.888. The first-order valence-corrected chi connectivity index (χ1v) is 8.38. The van der Waals surface area contributed by atoms with Crippen LogP contribution in [-0.4, -0.2) is 21.5 Å². The van der Waals surface area contributed by atoms with Gasteiger partial charge in [-0.25, -0.2) is 9.97 Å². The lowest BCUT2D eigenvalue weighted by atomic mass is 9.89. The predicted molar refractivity (Wildman–Crippen MR) is 92.5 cm³/mol. The summed E-state index contributed by atoms with van der Waals surface area (Å²) in [6, 6.07) is 5.44. The third-order valence-electron chi connectivity index (χ3n) is 4.70. The monoisotopic (exact) mass is 312 g/mol. The minimum absolute atomic E-state index is 0.122. The van der Waals surface area contributed by atoms with Crippen molar-refractivity contribution in [2.45, 2.75) is 46.0 Å². The lowest BCUT2D eigenvalue weighted by Crippen LogP contribution is -2.23. The van der Waals surface area contributed by atoms with Gasteiger partial charge >= 0.3 is 0 Å². The molecule has 0 unspecified atom stereocenters. The lowest BCUT2D eigenvalue weighted by Gasteiger charge is -2.24. The molecule has 2 aromatic rings. The number of aromatic amines is 1. The summed E-state index contributed by atoms with van der Waals surface area (Å²) in [6.45, 7) is 5.28. The summed E-state index contributed by atoms with van der Waals surface area (Å²) in [4.78, 5) is 23.4. The molecule has 0 spiro atoms. The van der Waals surface area contributed by atoms with E-state index in [4.69, 9.17) is 0 Å². The van der Waals surface area contributed by atoms with Crippen LogP contribution in [0.2, 0.25) is 0 Å². The molecular weight excluding hydrogens is 288 g/mol. The summed E-state index contributed by atoms with van der Waals surface area (Å²) >= 11 is 0. The molecule has 0 saturated heterocycles. The highest BCUT2D eigenvalue weighted by Gasteiger charge is 2.28. The van der Waals surface area contributed by atoms with E-state index in [2.05, 4.69) is 27.2 Å². The van der Waals surface area contributed by atoms with Crippen molar-refractivity contribution in [3.63, 3.8) is 0 Å². The molecule has 23 heavy (non-hydrogen) atoms. The van der Waals surface area contributed by atoms with E-state index in [-0.39, 0.29) is 5.56 Å². The molecule has 1 saturated carbocycles. The van der Waals surface area contributed by atoms with Crippen LogP contribution >= 0.6 is 0 Å². The molecule has 0 radical (unpaired) electrons. The zero-order valence-corrected chi connectivity index (χ0v) is 13.9. The molecule has 0 aliphatic heterocycles. The van der Waals surface area contributed by atoms with Crippen LogP contribution < -0.4 is 10.9 Å². The number of pyridine rings is 1. The van der Waals surface area contributed by atoms with Gasteiger partial charge in [-0.05, 0) is 36.8 Å². The maximum absolute atomic E-state index is 11.7. The van der Waals surface area contributed by atoms with Crippen molar-refractivity contribution in [3.05, 3.63) is 40.4 Å². The van der Waals surface area contributed by atoms with Crippen LogP contribution in [-0.2, 0) is 6.42 Å². The van der Waals surface area contributed by atoms with E-state index in [0.29, 0.717) is 11.2 Å². The molecule has 0 aromatic carbocycles. The van der Waals surface area contributed by atoms with Crippen LogP contribution in [0.15, 0.2) is 29.2 Å². The van der Waals surface area contributed by atoms with Crippen molar-refractivity contribution in [2.24, 2.45) is 5.41 Å². The van der Waals surface area contributed by atoms with Gasteiger partial charge in [-0.1, -0.05) is 26.7 Å². The van der Waals surface area contributed by atoms with Gasteiger partial charge in [0.15, 0.2) is 0 Å². The number of nitrogens with zero attached hydrogens (tertiary/aromatic N) is 2. The maximum atomic E-state index is 11.7. The zero-order chi connectivity index (χ0) is 16.3. The second-order valence-corrected chi connectivity index (χ2v) is 6.74. The lowest BCUT2D eigenvalue weighted by molar-refractivity contribution is 0.361. The van der Waals surface area contributed by atoms with Crippen molar-refractivity contribution in [1.82, 2.24) is 15.0 Å². The van der Waals surface area contributed by atoms with E-state index in [1.54, 1.807) is 6.20 Å². The highest BCUT2D eigenvalue weighted by atomic mass is 16.1. The number of H-pyrrole nitrogens is 1. The third kappa shape index (κ3) is 3.78. The standard InChI is InChI=1S/C18H24N4O/c1-3-14-10-16(23)22-17(21-14)13-6-7-15(19-11-13)20-12-18(2)8-4-5-9-18/h6-7,10-11H,3-5,8-9,12H2,1-2H3,(H,19,20)(H,21,22,23). The van der Waals surface area contributed by atoms with Crippen LogP contribution in [0.3, 0.4) is 0 Å². The van der Waals surface area contributed by atoms with Gasteiger partial charge in [-0.15, -0.1) is 0 Å². The minimum atomic E-state index is -0.122. The van der Waals surface area contributed by atoms with Gasteiger partial charge in [-0.3, -0.25) is 4.79 Å². The topological polar surface area (TPSA) is 70.7 Å². The van der Waals surface area contributed by atoms with Gasteiger partial charge in [0.25, 0.3) is 5.56 Å². The first-order valence-electron chi connectivity index (χ1n) is 8.38. The summed E-state index contributed by atoms with van der Waals surface area (Å²) in [6.07, 6.45) is 7.73. The highest BCUT2D eigenvalue weighted by molar-refractivity contribution is 5.55. The Kier molecular flexibility index (Phi) is 4.46. The zero-order valence-electron chi connectivity index (χ0n) is 13.9. The van der Waals surface area contributed by atoms with Gasteiger partial charge < -0.3 is 10.3 Å². The Bertz CT molecular complexity index is 715. The van der Waals surface area contributed by atoms with Crippen molar-refractivity contribution in [2.75, 3.05) is 11.9 Å². The smallest absolute Gasteiger partial charge is 0.251 e. The second kappa shape index (κ2) is 6.52. The van der Waals surface area contributed by atoms with Gasteiger partial charge in [0.2, 0.25) is 0 Å². The van der Waals surface area contributed by atoms with Crippen LogP contribution in [0, 0.1) is 5.41 Å². The summed E-state index contributed by atoms with van der Waals surface area (Å²) in [5.74, 6) is 1.45. The van der Waals surface area contributed by atoms with Crippen molar-refractivity contribution in [1.29, 1.82) is 0 Å². The minimum Gasteiger partial charge on any atom is -0.370 e. The third-order valence-corrected chi connectivity index (χ3v) is 4.70. The number of hydrogen-bond acceptors (Lipinski definition) is 4. The average Bonchev–Trinajstić information content (AvgIpc) is 3.00. The Balaban J connectivity index is 1.72. The molecule has 0 amide bonds. The first kappa shape index (κ1) is 15.7. The normalized spacial score (nSPS) is 16.4. The largest absolute Gasteiger partial charge is 0.370 e. The summed E-state index contributed by atoms with van der Waals surface area (Å²) in [5.41, 5.74) is 1.89. The molecule has 1 fully saturated rings. The van der Waals surface area contributed by atoms with E-state index in [9.17, 15) is 4.79 Å². The molecule has 2 heterocycles. The predicted octanol–water partition coefficient (Wildman–Crippen LogP) is 3.39. The fourth-order valence-corrected chi connectivity index (χ4v) is 3.17. The number of nitrogens with one attached hydrogen (secondary N) is 2. The summed E-state index contributed by atoms with van der Waals surface area (Å²) in [5, 5.41) is 3.44. The molecule has 5 nitrogen and oxygen atoms in total. The Hall–Kier alpha value is -2.17. The number of hydrogen-bond donors (Lipinski definition) is 2. The van der Waals surface area contributed by atoms with Crippen LogP contribution in [0.25, 0.3) is 11.4 Å². The number of aromatic nitrogens is 3. The Morgan fingerprint density at radius 3 is 2.74 bits per heavy atom. The Morgan fingerprint density at radius 1 is 1.30 bits per heavy atom. The van der Waals surface area contributed by atoms with E-state index < -0.39 is 0 Å². The molecule has 122 valence electrons. The van der Waals surface area contributed by atoms with Gasteiger partial charge in [0.1, 0.15) is 11.6 Å². The number of anilines is 1. The molecule has 0 atom stereocenters. The molecule has 5 heteroatoms. The van der Waals surface area contributed by atoms with Crippen LogP contribution in [0.4, 0.5) is 5.82 Å². The molecule has 2 aromatic heterocycles. The Labute approximate surface area is 136 Å². The van der Waals surface area contributed by atoms with E-state index in [0.717, 1.165) is 30.0 Å². The van der Waals surface area contributed by atoms with Crippen LogP contribution in [0.5, 0.6) is 0 Å².